The number of aliphatic imine (C=N–C) groups is 1. The van der Waals surface area contributed by atoms with Crippen LogP contribution < -0.4 is 0 Å². The molecule has 3 aliphatic carbocycles. The number of nitrogens with zero attached hydrogens (tertiary/aromatic N) is 2. The van der Waals surface area contributed by atoms with Crippen molar-refractivity contribution in [3.05, 3.63) is 107 Å². The van der Waals surface area contributed by atoms with Crippen LogP contribution in [0.5, 0.6) is 0 Å². The molecule has 3 atom stereocenters. The molecule has 4 aliphatic rings. The third kappa shape index (κ3) is 5.07. The van der Waals surface area contributed by atoms with Crippen LogP contribution in [0.4, 0.5) is 0 Å². The standard InChI is InChI=1S/C38H44N2O2S/c1-26(30-10-6-4-7-11-30)40-35(41)38(39-36(40)43-27(2)31-12-8-5-9-13-31)34-24-29(17-16-28-14-15-28)18-19-32(34)25-37(38)22-20-33(42-3)21-23-37/h4-13,18-19,24,26-28,33H,14-17,20-23,25H2,1-3H3/t26-,27-,33?,37?,38?/m0/s1. The van der Waals surface area contributed by atoms with Gasteiger partial charge in [-0.05, 0) is 92.5 Å². The normalized spacial score (nSPS) is 27.9. The average molecular weight is 593 g/mol. The van der Waals surface area contributed by atoms with Gasteiger partial charge in [0.25, 0.3) is 5.91 Å². The summed E-state index contributed by atoms with van der Waals surface area (Å²) >= 11 is 1.74. The fraction of sp³-hybridized carbons (Fsp3) is 0.474. The molecule has 5 heteroatoms. The van der Waals surface area contributed by atoms with Gasteiger partial charge in [-0.2, -0.15) is 0 Å². The van der Waals surface area contributed by atoms with Gasteiger partial charge in [0.05, 0.1) is 12.1 Å². The number of methoxy groups -OCH3 is 1. The molecule has 2 spiro atoms. The molecule has 1 aliphatic heterocycles. The number of benzene rings is 3. The first kappa shape index (κ1) is 28.9. The molecule has 0 N–H and O–H groups in total. The van der Waals surface area contributed by atoms with Crippen molar-refractivity contribution in [3.63, 3.8) is 0 Å². The number of thioether (sulfide) groups is 1. The summed E-state index contributed by atoms with van der Waals surface area (Å²) in [5, 5.41) is 1.03. The van der Waals surface area contributed by atoms with Crippen molar-refractivity contribution in [3.8, 4) is 0 Å². The minimum atomic E-state index is -0.890. The lowest BCUT2D eigenvalue weighted by molar-refractivity contribution is -0.139. The largest absolute Gasteiger partial charge is 0.381 e. The van der Waals surface area contributed by atoms with Gasteiger partial charge in [0, 0.05) is 17.8 Å². The van der Waals surface area contributed by atoms with Gasteiger partial charge in [-0.3, -0.25) is 9.69 Å². The third-order valence-electron chi connectivity index (χ3n) is 10.8. The van der Waals surface area contributed by atoms with E-state index in [1.807, 2.05) is 13.2 Å². The molecule has 3 aromatic rings. The second kappa shape index (κ2) is 11.6. The van der Waals surface area contributed by atoms with Crippen LogP contribution in [0.1, 0.15) is 97.9 Å². The molecule has 7 rings (SSSR count). The van der Waals surface area contributed by atoms with Gasteiger partial charge >= 0.3 is 0 Å². The number of carbonyl (C=O) groups is 1. The Hall–Kier alpha value is -2.89. The molecule has 224 valence electrons. The molecular weight excluding hydrogens is 548 g/mol. The summed E-state index contributed by atoms with van der Waals surface area (Å²) in [7, 11) is 1.83. The Balaban J connectivity index is 1.35. The lowest BCUT2D eigenvalue weighted by Gasteiger charge is -2.45. The summed E-state index contributed by atoms with van der Waals surface area (Å²) in [5.74, 6) is 1.05. The number of fused-ring (bicyclic) bond motifs is 3. The van der Waals surface area contributed by atoms with Crippen LogP contribution in [0.2, 0.25) is 0 Å². The van der Waals surface area contributed by atoms with Gasteiger partial charge in [0.2, 0.25) is 0 Å². The zero-order valence-electron chi connectivity index (χ0n) is 25.8. The summed E-state index contributed by atoms with van der Waals surface area (Å²) in [4.78, 5) is 23.2. The molecule has 0 bridgehead atoms. The average Bonchev–Trinajstić information content (AvgIpc) is 3.79. The summed E-state index contributed by atoms with van der Waals surface area (Å²) in [6.07, 6.45) is 10.1. The highest BCUT2D eigenvalue weighted by Crippen LogP contribution is 2.63. The van der Waals surface area contributed by atoms with Crippen LogP contribution in [0, 0.1) is 11.3 Å². The van der Waals surface area contributed by atoms with Crippen molar-refractivity contribution < 1.29 is 9.53 Å². The van der Waals surface area contributed by atoms with E-state index in [0.717, 1.165) is 55.2 Å². The molecule has 0 radical (unpaired) electrons. The van der Waals surface area contributed by atoms with Crippen molar-refractivity contribution >= 4 is 22.8 Å². The lowest BCUT2D eigenvalue weighted by atomic mass is 9.61. The molecule has 1 heterocycles. The number of hydrogen-bond acceptors (Lipinski definition) is 4. The maximum Gasteiger partial charge on any atom is 0.262 e. The van der Waals surface area contributed by atoms with Crippen molar-refractivity contribution in [1.29, 1.82) is 0 Å². The fourth-order valence-electron chi connectivity index (χ4n) is 8.03. The Kier molecular flexibility index (Phi) is 7.75. The van der Waals surface area contributed by atoms with E-state index in [0.29, 0.717) is 0 Å². The predicted octanol–water partition coefficient (Wildman–Crippen LogP) is 8.81. The molecular formula is C38H44N2O2S. The van der Waals surface area contributed by atoms with Crippen molar-refractivity contribution in [2.75, 3.05) is 7.11 Å². The molecule has 2 saturated carbocycles. The van der Waals surface area contributed by atoms with Gasteiger partial charge in [-0.1, -0.05) is 103 Å². The maximum atomic E-state index is 15.4. The summed E-state index contributed by atoms with van der Waals surface area (Å²) < 4.78 is 5.83. The van der Waals surface area contributed by atoms with Crippen LogP contribution in [-0.4, -0.2) is 29.2 Å². The Morgan fingerprint density at radius 3 is 2.26 bits per heavy atom. The van der Waals surface area contributed by atoms with E-state index in [1.54, 1.807) is 11.8 Å². The number of hydrogen-bond donors (Lipinski definition) is 0. The van der Waals surface area contributed by atoms with Gasteiger partial charge in [-0.25, -0.2) is 4.99 Å². The van der Waals surface area contributed by atoms with Crippen LogP contribution in [0.3, 0.4) is 0 Å². The van der Waals surface area contributed by atoms with Crippen molar-refractivity contribution in [2.45, 2.75) is 94.6 Å². The SMILES string of the molecule is COC1CCC2(CC1)Cc1ccc(CCC3CC3)cc1C21N=C(S[C@@H](C)c2ccccc2)N([C@@H](C)c2ccccc2)C1=O. The topological polar surface area (TPSA) is 41.9 Å². The zero-order valence-corrected chi connectivity index (χ0v) is 26.6. The second-order valence-corrected chi connectivity index (χ2v) is 14.7. The van der Waals surface area contributed by atoms with Crippen LogP contribution >= 0.6 is 11.8 Å². The number of carbonyl (C=O) groups excluding carboxylic acids is 1. The highest BCUT2D eigenvalue weighted by molar-refractivity contribution is 8.14. The Bertz CT molecular complexity index is 1490. The van der Waals surface area contributed by atoms with Gasteiger partial charge in [0.15, 0.2) is 10.7 Å². The summed E-state index contributed by atoms with van der Waals surface area (Å²) in [6, 6.07) is 28.0. The zero-order chi connectivity index (χ0) is 29.6. The molecule has 1 amide bonds. The first-order valence-electron chi connectivity index (χ1n) is 16.3. The molecule has 4 nitrogen and oxygen atoms in total. The smallest absolute Gasteiger partial charge is 0.262 e. The first-order chi connectivity index (χ1) is 20.9. The molecule has 0 aromatic heterocycles. The van der Waals surface area contributed by atoms with E-state index in [4.69, 9.17) is 9.73 Å². The van der Waals surface area contributed by atoms with E-state index in [-0.39, 0.29) is 28.7 Å². The Morgan fingerprint density at radius 2 is 1.60 bits per heavy atom. The molecule has 1 unspecified atom stereocenters. The number of ether oxygens (including phenoxy) is 1. The highest BCUT2D eigenvalue weighted by Gasteiger charge is 2.67. The monoisotopic (exact) mass is 592 g/mol. The Labute approximate surface area is 261 Å². The van der Waals surface area contributed by atoms with E-state index in [2.05, 4.69) is 91.5 Å². The predicted molar refractivity (Wildman–Crippen MR) is 176 cm³/mol. The van der Waals surface area contributed by atoms with Gasteiger partial charge < -0.3 is 4.74 Å². The number of amidine groups is 1. The van der Waals surface area contributed by atoms with E-state index >= 15 is 4.79 Å². The van der Waals surface area contributed by atoms with Gasteiger partial charge in [0.1, 0.15) is 0 Å². The third-order valence-corrected chi connectivity index (χ3v) is 12.0. The molecule has 43 heavy (non-hydrogen) atoms. The molecule has 3 aromatic carbocycles. The van der Waals surface area contributed by atoms with Gasteiger partial charge in [-0.15, -0.1) is 0 Å². The van der Waals surface area contributed by atoms with Crippen LogP contribution in [-0.2, 0) is 27.9 Å². The lowest BCUT2D eigenvalue weighted by Crippen LogP contribution is -2.52. The Morgan fingerprint density at radius 1 is 0.930 bits per heavy atom. The van der Waals surface area contributed by atoms with Crippen LogP contribution in [0.25, 0.3) is 0 Å². The van der Waals surface area contributed by atoms with E-state index in [9.17, 15) is 0 Å². The molecule has 0 saturated heterocycles. The summed E-state index contributed by atoms with van der Waals surface area (Å²) in [6.45, 7) is 4.41. The van der Waals surface area contributed by atoms with Crippen molar-refractivity contribution in [2.24, 2.45) is 16.3 Å². The minimum absolute atomic E-state index is 0.114. The van der Waals surface area contributed by atoms with Crippen molar-refractivity contribution in [1.82, 2.24) is 4.90 Å². The second-order valence-electron chi connectivity index (χ2n) is 13.4. The van der Waals surface area contributed by atoms with E-state index < -0.39 is 5.54 Å². The first-order valence-corrected chi connectivity index (χ1v) is 17.2. The minimum Gasteiger partial charge on any atom is -0.381 e. The van der Waals surface area contributed by atoms with E-state index in [1.165, 1.54) is 41.5 Å². The summed E-state index contributed by atoms with van der Waals surface area (Å²) in [5.41, 5.74) is 5.12. The number of aryl methyl sites for hydroxylation is 1. The molecule has 2 fully saturated rings. The fourth-order valence-corrected chi connectivity index (χ4v) is 9.18. The van der Waals surface area contributed by atoms with Crippen LogP contribution in [0.15, 0.2) is 83.9 Å². The highest BCUT2D eigenvalue weighted by atomic mass is 32.2. The number of amides is 1. The maximum absolute atomic E-state index is 15.4. The number of rotatable bonds is 8. The quantitative estimate of drug-likeness (QED) is 0.262.